The van der Waals surface area contributed by atoms with E-state index in [9.17, 15) is 56.7 Å². The molecular formula is C77H115N13O17S. The summed E-state index contributed by atoms with van der Waals surface area (Å²) in [6.45, 7) is 15.8. The van der Waals surface area contributed by atoms with Gasteiger partial charge in [0.1, 0.15) is 37.6 Å². The number of anilines is 1. The van der Waals surface area contributed by atoms with E-state index >= 15 is 0 Å². The first kappa shape index (κ1) is 90.0. The molecular weight excluding hydrogens is 1410 g/mol. The van der Waals surface area contributed by atoms with Gasteiger partial charge in [-0.2, -0.15) is 0 Å². The number of aliphatic hydroxyl groups excluding tert-OH is 1. The topological polar surface area (TPSA) is 394 Å². The number of nitrogens with two attached hydrogens (primary N) is 1. The number of aliphatic hydroxyl groups is 1. The summed E-state index contributed by atoms with van der Waals surface area (Å²) in [6, 6.07) is 11.9. The van der Waals surface area contributed by atoms with Crippen LogP contribution in [0, 0.1) is 41.4 Å². The fraction of sp³-hybridized carbons (Fsp3) is 0.623. The normalized spacial score (nSPS) is 15.8. The van der Waals surface area contributed by atoms with Gasteiger partial charge >= 0.3 is 6.09 Å². The molecule has 1 aliphatic rings. The Bertz CT molecular complexity index is 3700. The Morgan fingerprint density at radius 2 is 1.48 bits per heavy atom. The predicted molar refractivity (Wildman–Crippen MR) is 403 cm³/mol. The maximum Gasteiger partial charge on any atom is 0.410 e. The molecule has 0 unspecified atom stereocenters. The largest absolute Gasteiger partial charge is 0.445 e. The van der Waals surface area contributed by atoms with Crippen LogP contribution in [0.3, 0.4) is 0 Å². The van der Waals surface area contributed by atoms with Crippen LogP contribution in [0.25, 0.3) is 0 Å². The lowest BCUT2D eigenvalue weighted by molar-refractivity contribution is -0.148. The summed E-state index contributed by atoms with van der Waals surface area (Å²) in [5.41, 5.74) is 8.45. The molecule has 7 amide bonds. The molecule has 0 spiro atoms. The third-order valence-electron chi connectivity index (χ3n) is 19.2. The molecule has 2 aromatic heterocycles. The highest BCUT2D eigenvalue weighted by Crippen LogP contribution is 2.31. The molecule has 30 nitrogen and oxygen atoms in total. The number of likely N-dealkylation sites (N-methyl/N-ethyl adjacent to an activating group) is 2. The number of Topliss-reactive ketones (excluding diaryl/α,β-unsaturated/α-hetero) is 2. The van der Waals surface area contributed by atoms with Crippen molar-refractivity contribution in [3.05, 3.63) is 95.6 Å². The van der Waals surface area contributed by atoms with E-state index in [-0.39, 0.29) is 92.4 Å². The number of benzene rings is 2. The van der Waals surface area contributed by atoms with Gasteiger partial charge in [0.05, 0.1) is 80.2 Å². The van der Waals surface area contributed by atoms with E-state index in [2.05, 4.69) is 53.4 Å². The van der Waals surface area contributed by atoms with Crippen molar-refractivity contribution in [3.8, 4) is 11.8 Å². The fourth-order valence-electron chi connectivity index (χ4n) is 12.9. The molecule has 1 aliphatic heterocycles. The molecule has 0 radical (unpaired) electrons. The lowest BCUT2D eigenvalue weighted by Crippen LogP contribution is -2.60. The number of amides is 7. The van der Waals surface area contributed by atoms with Crippen LogP contribution in [0.15, 0.2) is 78.3 Å². The van der Waals surface area contributed by atoms with E-state index in [1.807, 2.05) is 45.9 Å². The number of likely N-dealkylation sites (tertiary alicyclic amines) is 1. The van der Waals surface area contributed by atoms with Crippen LogP contribution in [-0.4, -0.2) is 223 Å². The van der Waals surface area contributed by atoms with E-state index < -0.39 is 106 Å². The number of hydrogen-bond acceptors (Lipinski definition) is 22. The van der Waals surface area contributed by atoms with Crippen molar-refractivity contribution in [1.82, 2.24) is 55.6 Å². The number of ketones is 2. The van der Waals surface area contributed by atoms with Gasteiger partial charge in [0.25, 0.3) is 0 Å². The van der Waals surface area contributed by atoms with Crippen molar-refractivity contribution >= 4 is 68.6 Å². The first-order valence-corrected chi connectivity index (χ1v) is 39.1. The fourth-order valence-corrected chi connectivity index (χ4v) is 13.4. The van der Waals surface area contributed by atoms with Crippen molar-refractivity contribution in [1.29, 1.82) is 0 Å². The Balaban J connectivity index is 1.03. The molecule has 2 aromatic carbocycles. The zero-order valence-electron chi connectivity index (χ0n) is 65.0. The number of ether oxygens (including phenoxy) is 5. The highest BCUT2D eigenvalue weighted by Gasteiger charge is 2.44. The average molecular weight is 1530 g/mol. The highest BCUT2D eigenvalue weighted by atomic mass is 32.2. The first-order chi connectivity index (χ1) is 51.4. The number of nitrogens with one attached hydrogen (secondary N) is 4. The molecule has 0 aliphatic carbocycles. The minimum atomic E-state index is -3.50. The van der Waals surface area contributed by atoms with Crippen LogP contribution in [0.4, 0.5) is 10.5 Å². The summed E-state index contributed by atoms with van der Waals surface area (Å²) in [4.78, 5) is 135. The first-order valence-electron chi connectivity index (χ1n) is 37.2. The highest BCUT2D eigenvalue weighted by molar-refractivity contribution is 7.90. The lowest BCUT2D eigenvalue weighted by atomic mass is 9.89. The van der Waals surface area contributed by atoms with Crippen LogP contribution in [0.5, 0.6) is 0 Å². The summed E-state index contributed by atoms with van der Waals surface area (Å²) in [7, 11) is 2.61. The van der Waals surface area contributed by atoms with E-state index in [1.54, 1.807) is 91.8 Å². The maximum absolute atomic E-state index is 14.8. The Morgan fingerprint density at radius 3 is 2.12 bits per heavy atom. The average Bonchev–Trinajstić information content (AvgIpc) is 1.21. The molecule has 4 aromatic rings. The number of hydrogen-bond donors (Lipinski definition) is 6. The molecule has 11 atom stereocenters. The van der Waals surface area contributed by atoms with Gasteiger partial charge in [-0.25, -0.2) is 27.9 Å². The van der Waals surface area contributed by atoms with Crippen LogP contribution in [0.1, 0.15) is 167 Å². The molecule has 108 heavy (non-hydrogen) atoms. The molecule has 596 valence electrons. The molecule has 1 saturated heterocycles. The van der Waals surface area contributed by atoms with Gasteiger partial charge in [-0.05, 0) is 93.0 Å². The van der Waals surface area contributed by atoms with E-state index in [0.29, 0.717) is 119 Å². The van der Waals surface area contributed by atoms with Crippen molar-refractivity contribution in [2.75, 3.05) is 79.4 Å². The Morgan fingerprint density at radius 1 is 0.787 bits per heavy atom. The number of rotatable bonds is 47. The van der Waals surface area contributed by atoms with Gasteiger partial charge in [-0.15, -0.1) is 5.10 Å². The number of sulfone groups is 1. The van der Waals surface area contributed by atoms with Crippen LogP contribution in [0.2, 0.25) is 0 Å². The van der Waals surface area contributed by atoms with Crippen molar-refractivity contribution in [2.45, 2.75) is 212 Å². The maximum atomic E-state index is 14.8. The van der Waals surface area contributed by atoms with Gasteiger partial charge in [0.2, 0.25) is 50.4 Å². The smallest absolute Gasteiger partial charge is 0.410 e. The second-order valence-electron chi connectivity index (χ2n) is 28.4. The zero-order chi connectivity index (χ0) is 79.6. The molecule has 5 rings (SSSR count). The SMILES string of the molecule is CC[C@H](C)[C@@H]([C@@H](CC(=O)N1CCC[C@H]1[C@H](OC)[C@@H](C)C(=O)N[C@H](C)[C@@H](O)c1ccccc1)OC)N(C)C(=O)[C@@H](NC(=O)[C@H](C(C)C)N(C)C(=O)OCc1ccc(NC(=O)[C@H](CCCCN)CC(=O)COCC(=O)CCCOCCn2cc(CNC(=O)CCCC#Cc3cnc(S(C)(=O)=O)nc3)nn2)cc1)C(C)C. The number of aromatic nitrogens is 5. The van der Waals surface area contributed by atoms with Crippen LogP contribution in [-0.2, 0) is 91.6 Å². The minimum Gasteiger partial charge on any atom is -0.445 e. The standard InChI is InChI=1S/C77H115N13O17S/c1-14-52(6)69(64(103-11)42-66(94)90-37-23-30-63(90)71(104-12)53(7)72(96)82-54(8)70(95)57-26-18-16-19-27-57)87(9)75(99)67(50(2)3)84-74(98)68(51(4)5)88(10)77(100)107-47-55-32-34-59(35-33-55)83-73(97)58(28-21-22-36-78)41-62(92)49-106-48-61(91)29-24-39-105-40-38-89-46-60(85-86-89)45-79-65(93)31-20-15-17-25-56-43-80-76(81-44-56)108(13,101)102/h16,18-19,26-27,32-35,43-44,46,50-54,58,63-64,67-71,95H,14-15,20-24,28-31,36-42,45,47-49,78H2,1-13H3,(H,79,93)(H,82,96)(H,83,97)(H,84,98)/t52-,53+,54+,58+,63-,64+,67-,68-,69-,70+,71+/m0/s1. The van der Waals surface area contributed by atoms with Gasteiger partial charge in [0, 0.05) is 97.4 Å². The van der Waals surface area contributed by atoms with Gasteiger partial charge < -0.3 is 65.6 Å². The quantitative estimate of drug-likeness (QED) is 0.0170. The monoisotopic (exact) mass is 1530 g/mol. The number of unbranched alkanes of at least 4 members (excludes halogenated alkanes) is 2. The third kappa shape index (κ3) is 29.1. The van der Waals surface area contributed by atoms with Crippen molar-refractivity contribution in [3.63, 3.8) is 0 Å². The Kier molecular flexibility index (Phi) is 38.3. The second kappa shape index (κ2) is 46.0. The molecule has 31 heteroatoms. The summed E-state index contributed by atoms with van der Waals surface area (Å²) in [5.74, 6) is 0.664. The van der Waals surface area contributed by atoms with E-state index in [0.717, 1.165) is 6.26 Å². The second-order valence-corrected chi connectivity index (χ2v) is 30.3. The number of carbonyl (C=O) groups excluding carboxylic acids is 9. The van der Waals surface area contributed by atoms with Gasteiger partial charge in [-0.3, -0.25) is 43.3 Å². The minimum absolute atomic E-state index is 0.0865. The lowest BCUT2D eigenvalue weighted by Gasteiger charge is -2.41. The Labute approximate surface area is 636 Å². The van der Waals surface area contributed by atoms with Gasteiger partial charge in [0.15, 0.2) is 11.6 Å². The molecule has 1 fully saturated rings. The number of nitrogens with zero attached hydrogens (tertiary/aromatic N) is 8. The molecule has 0 bridgehead atoms. The van der Waals surface area contributed by atoms with E-state index in [1.165, 1.54) is 38.6 Å². The summed E-state index contributed by atoms with van der Waals surface area (Å²) >= 11 is 0. The van der Waals surface area contributed by atoms with Gasteiger partial charge in [-0.1, -0.05) is 121 Å². The van der Waals surface area contributed by atoms with Crippen molar-refractivity contribution < 1.29 is 80.4 Å². The molecule has 7 N–H and O–H groups in total. The number of carbonyl (C=O) groups is 9. The summed E-state index contributed by atoms with van der Waals surface area (Å²) in [6.07, 6.45) is 7.27. The Hall–Kier alpha value is -8.64. The zero-order valence-corrected chi connectivity index (χ0v) is 65.8. The summed E-state index contributed by atoms with van der Waals surface area (Å²) < 4.78 is 53.6. The molecule has 3 heterocycles. The number of methoxy groups -OCH3 is 2. The summed E-state index contributed by atoms with van der Waals surface area (Å²) in [5, 5.41) is 30.4. The third-order valence-corrected chi connectivity index (χ3v) is 20.1. The van der Waals surface area contributed by atoms with E-state index in [4.69, 9.17) is 29.4 Å². The van der Waals surface area contributed by atoms with Crippen LogP contribution >= 0.6 is 0 Å². The predicted octanol–water partition coefficient (Wildman–Crippen LogP) is 5.93. The molecule has 0 saturated carbocycles. The van der Waals surface area contributed by atoms with Crippen molar-refractivity contribution in [2.24, 2.45) is 35.3 Å². The van der Waals surface area contributed by atoms with Crippen LogP contribution < -0.4 is 27.0 Å².